The highest BCUT2D eigenvalue weighted by Gasteiger charge is 2.34. The van der Waals surface area contributed by atoms with Gasteiger partial charge >= 0.3 is 0 Å². The molecule has 0 bridgehead atoms. The number of hydrazine groups is 1. The SMILES string of the molecule is COc1c(CC2CC(C(=O)NN)=NO2)c(Br)c2c(c1OC)OCO2. The van der Waals surface area contributed by atoms with Crippen LogP contribution in [-0.2, 0) is 16.1 Å². The van der Waals surface area contributed by atoms with Gasteiger partial charge in [-0.1, -0.05) is 5.16 Å². The van der Waals surface area contributed by atoms with Crippen molar-refractivity contribution in [3.8, 4) is 23.0 Å². The number of carbonyl (C=O) groups excluding carboxylic acids is 1. The molecule has 1 unspecified atom stereocenters. The molecule has 0 saturated heterocycles. The zero-order valence-corrected chi connectivity index (χ0v) is 14.6. The zero-order chi connectivity index (χ0) is 17.3. The number of nitrogens with one attached hydrogen (secondary N) is 1. The Kier molecular flexibility index (Phi) is 4.67. The smallest absolute Gasteiger partial charge is 0.283 e. The molecule has 10 heteroatoms. The van der Waals surface area contributed by atoms with E-state index in [0.29, 0.717) is 40.3 Å². The Morgan fingerprint density at radius 2 is 2.04 bits per heavy atom. The predicted molar refractivity (Wildman–Crippen MR) is 86.3 cm³/mol. The van der Waals surface area contributed by atoms with E-state index in [0.717, 1.165) is 5.56 Å². The number of nitrogens with zero attached hydrogens (tertiary/aromatic N) is 1. The van der Waals surface area contributed by atoms with E-state index in [4.69, 9.17) is 29.6 Å². The second kappa shape index (κ2) is 6.73. The number of ether oxygens (including phenoxy) is 4. The normalized spacial score (nSPS) is 18.0. The minimum absolute atomic E-state index is 0.0980. The molecule has 0 saturated carbocycles. The summed E-state index contributed by atoms with van der Waals surface area (Å²) in [6.07, 6.45) is 0.407. The second-order valence-corrected chi connectivity index (χ2v) is 5.86. The first kappa shape index (κ1) is 16.7. The van der Waals surface area contributed by atoms with Crippen molar-refractivity contribution in [2.24, 2.45) is 11.0 Å². The molecule has 130 valence electrons. The summed E-state index contributed by atoms with van der Waals surface area (Å²) in [5, 5.41) is 3.77. The lowest BCUT2D eigenvalue weighted by Crippen LogP contribution is -2.36. The molecule has 0 aliphatic carbocycles. The van der Waals surface area contributed by atoms with E-state index in [1.807, 2.05) is 5.43 Å². The monoisotopic (exact) mass is 401 g/mol. The van der Waals surface area contributed by atoms with Gasteiger partial charge in [-0.25, -0.2) is 5.84 Å². The summed E-state index contributed by atoms with van der Waals surface area (Å²) in [7, 11) is 3.06. The lowest BCUT2D eigenvalue weighted by Gasteiger charge is -2.18. The largest absolute Gasteiger partial charge is 0.492 e. The first-order valence-electron chi connectivity index (χ1n) is 7.06. The number of nitrogens with two attached hydrogens (primary N) is 1. The molecule has 1 amide bonds. The highest BCUT2D eigenvalue weighted by Crippen LogP contribution is 2.54. The van der Waals surface area contributed by atoms with Gasteiger partial charge in [0.05, 0.1) is 18.7 Å². The van der Waals surface area contributed by atoms with Gasteiger partial charge in [-0.05, 0) is 15.9 Å². The van der Waals surface area contributed by atoms with Crippen molar-refractivity contribution in [1.82, 2.24) is 5.43 Å². The van der Waals surface area contributed by atoms with E-state index < -0.39 is 5.91 Å². The highest BCUT2D eigenvalue weighted by atomic mass is 79.9. The topological polar surface area (TPSA) is 114 Å². The average Bonchev–Trinajstić information content (AvgIpc) is 3.25. The summed E-state index contributed by atoms with van der Waals surface area (Å²) >= 11 is 3.52. The van der Waals surface area contributed by atoms with E-state index in [-0.39, 0.29) is 18.6 Å². The number of amides is 1. The molecule has 1 atom stereocenters. The maximum absolute atomic E-state index is 11.5. The Morgan fingerprint density at radius 1 is 1.33 bits per heavy atom. The average molecular weight is 402 g/mol. The molecule has 2 aliphatic rings. The Morgan fingerprint density at radius 3 is 2.71 bits per heavy atom. The van der Waals surface area contributed by atoms with Gasteiger partial charge in [-0.15, -0.1) is 0 Å². The van der Waals surface area contributed by atoms with Crippen LogP contribution in [0, 0.1) is 0 Å². The fraction of sp³-hybridized carbons (Fsp3) is 0.429. The number of carbonyl (C=O) groups is 1. The van der Waals surface area contributed by atoms with Gasteiger partial charge in [0.15, 0.2) is 11.5 Å². The Balaban J connectivity index is 1.90. The molecule has 3 rings (SSSR count). The summed E-state index contributed by atoms with van der Waals surface area (Å²) < 4.78 is 22.6. The van der Waals surface area contributed by atoms with E-state index in [1.54, 1.807) is 0 Å². The standard InChI is InChI=1S/C14H16BrN3O6/c1-20-10-7(3-6-4-8(18-24-6)14(19)17-16)9(15)11-13(12(10)21-2)23-5-22-11/h6H,3-5,16H2,1-2H3,(H,17,19). The third kappa shape index (κ3) is 2.71. The number of methoxy groups -OCH3 is 2. The summed E-state index contributed by atoms with van der Waals surface area (Å²) in [4.78, 5) is 16.8. The molecule has 0 fully saturated rings. The molecular weight excluding hydrogens is 386 g/mol. The molecule has 3 N–H and O–H groups in total. The van der Waals surface area contributed by atoms with Crippen LogP contribution in [0.2, 0.25) is 0 Å². The maximum Gasteiger partial charge on any atom is 0.283 e. The van der Waals surface area contributed by atoms with Crippen molar-refractivity contribution in [1.29, 1.82) is 0 Å². The van der Waals surface area contributed by atoms with Crippen LogP contribution in [0.1, 0.15) is 12.0 Å². The molecule has 1 aromatic carbocycles. The van der Waals surface area contributed by atoms with Crippen LogP contribution >= 0.6 is 15.9 Å². The van der Waals surface area contributed by atoms with Crippen molar-refractivity contribution in [3.05, 3.63) is 10.0 Å². The molecule has 2 aliphatic heterocycles. The third-order valence-electron chi connectivity index (χ3n) is 3.73. The van der Waals surface area contributed by atoms with Crippen LogP contribution in [0.15, 0.2) is 9.63 Å². The van der Waals surface area contributed by atoms with Gasteiger partial charge in [0.2, 0.25) is 18.3 Å². The van der Waals surface area contributed by atoms with Gasteiger partial charge in [0, 0.05) is 18.4 Å². The van der Waals surface area contributed by atoms with Crippen LogP contribution < -0.4 is 30.2 Å². The molecule has 0 radical (unpaired) electrons. The van der Waals surface area contributed by atoms with E-state index in [9.17, 15) is 4.79 Å². The van der Waals surface area contributed by atoms with Gasteiger partial charge in [-0.3, -0.25) is 10.2 Å². The van der Waals surface area contributed by atoms with Crippen LogP contribution in [-0.4, -0.2) is 38.7 Å². The van der Waals surface area contributed by atoms with Crippen LogP contribution in [0.3, 0.4) is 0 Å². The van der Waals surface area contributed by atoms with Crippen molar-refractivity contribution >= 4 is 27.5 Å². The number of oxime groups is 1. The number of halogens is 1. The van der Waals surface area contributed by atoms with Gasteiger partial charge in [-0.2, -0.15) is 0 Å². The third-order valence-corrected chi connectivity index (χ3v) is 4.57. The van der Waals surface area contributed by atoms with E-state index in [2.05, 4.69) is 21.1 Å². The maximum atomic E-state index is 11.5. The summed E-state index contributed by atoms with van der Waals surface area (Å²) in [5.41, 5.74) is 3.05. The summed E-state index contributed by atoms with van der Waals surface area (Å²) in [5.74, 6) is 6.62. The molecule has 0 aromatic heterocycles. The Hall–Kier alpha value is -2.20. The van der Waals surface area contributed by atoms with Crippen molar-refractivity contribution < 1.29 is 28.6 Å². The molecule has 2 heterocycles. The number of benzene rings is 1. The van der Waals surface area contributed by atoms with Gasteiger partial charge < -0.3 is 23.8 Å². The highest BCUT2D eigenvalue weighted by molar-refractivity contribution is 9.10. The lowest BCUT2D eigenvalue weighted by atomic mass is 10.0. The molecular formula is C14H16BrN3O6. The van der Waals surface area contributed by atoms with Crippen LogP contribution in [0.4, 0.5) is 0 Å². The quantitative estimate of drug-likeness (QED) is 0.427. The Bertz CT molecular complexity index is 708. The van der Waals surface area contributed by atoms with Gasteiger partial charge in [0.1, 0.15) is 11.8 Å². The minimum Gasteiger partial charge on any atom is -0.492 e. The van der Waals surface area contributed by atoms with Crippen molar-refractivity contribution in [2.75, 3.05) is 21.0 Å². The van der Waals surface area contributed by atoms with Crippen LogP contribution in [0.25, 0.3) is 0 Å². The minimum atomic E-state index is -0.466. The van der Waals surface area contributed by atoms with E-state index >= 15 is 0 Å². The molecule has 0 spiro atoms. The second-order valence-electron chi connectivity index (χ2n) is 5.07. The molecule has 9 nitrogen and oxygen atoms in total. The Labute approximate surface area is 146 Å². The first-order chi connectivity index (χ1) is 11.6. The molecule has 24 heavy (non-hydrogen) atoms. The zero-order valence-electron chi connectivity index (χ0n) is 13.1. The number of hydrogen-bond donors (Lipinski definition) is 2. The molecule has 1 aromatic rings. The summed E-state index contributed by atoms with van der Waals surface area (Å²) in [6, 6.07) is 0. The lowest BCUT2D eigenvalue weighted by molar-refractivity contribution is -0.115. The van der Waals surface area contributed by atoms with Crippen molar-refractivity contribution in [3.63, 3.8) is 0 Å². The van der Waals surface area contributed by atoms with Gasteiger partial charge in [0.25, 0.3) is 5.91 Å². The number of rotatable bonds is 5. The number of fused-ring (bicyclic) bond motifs is 1. The van der Waals surface area contributed by atoms with E-state index in [1.165, 1.54) is 14.2 Å². The van der Waals surface area contributed by atoms with Crippen LogP contribution in [0.5, 0.6) is 23.0 Å². The van der Waals surface area contributed by atoms with Crippen molar-refractivity contribution in [2.45, 2.75) is 18.9 Å². The number of hydrogen-bond acceptors (Lipinski definition) is 8. The predicted octanol–water partition coefficient (Wildman–Crippen LogP) is 0.872. The fourth-order valence-electron chi connectivity index (χ4n) is 2.65. The summed E-state index contributed by atoms with van der Waals surface area (Å²) in [6.45, 7) is 0.0980. The first-order valence-corrected chi connectivity index (χ1v) is 7.85. The fourth-order valence-corrected chi connectivity index (χ4v) is 3.29.